The Bertz CT molecular complexity index is 378. The highest BCUT2D eigenvalue weighted by Crippen LogP contribution is 2.34. The van der Waals surface area contributed by atoms with Crippen molar-refractivity contribution in [2.45, 2.75) is 31.0 Å². The number of halogens is 3. The van der Waals surface area contributed by atoms with E-state index in [0.717, 1.165) is 25.3 Å². The lowest BCUT2D eigenvalue weighted by atomic mass is 9.77. The Labute approximate surface area is 96.4 Å². The predicted octanol–water partition coefficient (Wildman–Crippen LogP) is 1.79. The number of nitrogens with one attached hydrogen (secondary N) is 1. The average Bonchev–Trinajstić information content (AvgIpc) is 2.23. The second-order valence-electron chi connectivity index (χ2n) is 4.26. The van der Waals surface area contributed by atoms with E-state index in [1.165, 1.54) is 6.07 Å². The fourth-order valence-corrected chi connectivity index (χ4v) is 1.81. The molecule has 17 heavy (non-hydrogen) atoms. The van der Waals surface area contributed by atoms with E-state index in [-0.39, 0.29) is 5.54 Å². The van der Waals surface area contributed by atoms with E-state index < -0.39 is 11.9 Å². The molecule has 0 saturated heterocycles. The Morgan fingerprint density at radius 3 is 2.35 bits per heavy atom. The summed E-state index contributed by atoms with van der Waals surface area (Å²) >= 11 is 0. The van der Waals surface area contributed by atoms with Crippen LogP contribution in [-0.4, -0.2) is 22.3 Å². The lowest BCUT2D eigenvalue weighted by Gasteiger charge is -2.41. The number of aromatic nitrogens is 2. The van der Waals surface area contributed by atoms with Gasteiger partial charge in [-0.25, -0.2) is 0 Å². The second kappa shape index (κ2) is 4.14. The monoisotopic (exact) mass is 246 g/mol. The van der Waals surface area contributed by atoms with Crippen molar-refractivity contribution < 1.29 is 13.2 Å². The highest BCUT2D eigenvalue weighted by Gasteiger charge is 2.36. The molecule has 0 aromatic carbocycles. The molecule has 1 fully saturated rings. The SMILES string of the molecule is NCC1(Nc2ccc(C(F)(F)F)nn2)CCC1. The molecule has 0 spiro atoms. The first-order chi connectivity index (χ1) is 7.95. The molecule has 1 aromatic rings. The fourth-order valence-electron chi connectivity index (χ4n) is 1.81. The van der Waals surface area contributed by atoms with Crippen LogP contribution < -0.4 is 11.1 Å². The zero-order valence-electron chi connectivity index (χ0n) is 9.09. The molecule has 0 radical (unpaired) electrons. The minimum absolute atomic E-state index is 0.214. The molecule has 4 nitrogen and oxygen atoms in total. The van der Waals surface area contributed by atoms with Gasteiger partial charge in [0.15, 0.2) is 5.69 Å². The van der Waals surface area contributed by atoms with Crippen LogP contribution in [0.15, 0.2) is 12.1 Å². The van der Waals surface area contributed by atoms with Crippen LogP contribution in [-0.2, 0) is 6.18 Å². The first-order valence-electron chi connectivity index (χ1n) is 5.34. The number of rotatable bonds is 3. The summed E-state index contributed by atoms with van der Waals surface area (Å²) in [4.78, 5) is 0. The number of hydrogen-bond donors (Lipinski definition) is 2. The maximum Gasteiger partial charge on any atom is 0.435 e. The molecular weight excluding hydrogens is 233 g/mol. The van der Waals surface area contributed by atoms with Crippen LogP contribution in [0.5, 0.6) is 0 Å². The van der Waals surface area contributed by atoms with Gasteiger partial charge in [-0.05, 0) is 31.4 Å². The average molecular weight is 246 g/mol. The first kappa shape index (κ1) is 12.1. The third kappa shape index (κ3) is 2.49. The number of hydrogen-bond acceptors (Lipinski definition) is 4. The molecular formula is C10H13F3N4. The normalized spacial score (nSPS) is 18.6. The topological polar surface area (TPSA) is 63.8 Å². The molecule has 0 atom stereocenters. The molecule has 94 valence electrons. The van der Waals surface area contributed by atoms with E-state index in [0.29, 0.717) is 12.4 Å². The molecule has 0 unspecified atom stereocenters. The number of nitrogens with zero attached hydrogens (tertiary/aromatic N) is 2. The molecule has 1 aliphatic rings. The van der Waals surface area contributed by atoms with Crippen molar-refractivity contribution in [3.05, 3.63) is 17.8 Å². The minimum atomic E-state index is -4.45. The summed E-state index contributed by atoms with van der Waals surface area (Å²) in [6, 6.07) is 2.20. The van der Waals surface area contributed by atoms with Crippen molar-refractivity contribution >= 4 is 5.82 Å². The Morgan fingerprint density at radius 1 is 1.29 bits per heavy atom. The van der Waals surface area contributed by atoms with Crippen LogP contribution in [0, 0.1) is 0 Å². The van der Waals surface area contributed by atoms with Crippen molar-refractivity contribution in [3.63, 3.8) is 0 Å². The van der Waals surface area contributed by atoms with Crippen LogP contribution in [0.2, 0.25) is 0 Å². The van der Waals surface area contributed by atoms with Gasteiger partial charge in [-0.2, -0.15) is 13.2 Å². The summed E-state index contributed by atoms with van der Waals surface area (Å²) in [6.45, 7) is 0.440. The summed E-state index contributed by atoms with van der Waals surface area (Å²) in [7, 11) is 0. The van der Waals surface area contributed by atoms with Gasteiger partial charge in [-0.1, -0.05) is 0 Å². The predicted molar refractivity (Wildman–Crippen MR) is 56.3 cm³/mol. The lowest BCUT2D eigenvalue weighted by molar-refractivity contribution is -0.141. The van der Waals surface area contributed by atoms with Gasteiger partial charge < -0.3 is 11.1 Å². The molecule has 1 aliphatic carbocycles. The van der Waals surface area contributed by atoms with Gasteiger partial charge in [0.05, 0.1) is 5.54 Å². The Kier molecular flexibility index (Phi) is 2.94. The van der Waals surface area contributed by atoms with Gasteiger partial charge >= 0.3 is 6.18 Å². The van der Waals surface area contributed by atoms with Gasteiger partial charge in [-0.15, -0.1) is 10.2 Å². The standard InChI is InChI=1S/C10H13F3N4/c11-10(12,13)7-2-3-8(17-16-7)15-9(6-14)4-1-5-9/h2-3H,1,4-6,14H2,(H,15,17). The summed E-state index contributed by atoms with van der Waals surface area (Å²) in [5.41, 5.74) is 4.42. The second-order valence-corrected chi connectivity index (χ2v) is 4.26. The van der Waals surface area contributed by atoms with Crippen LogP contribution in [0.3, 0.4) is 0 Å². The lowest BCUT2D eigenvalue weighted by Crippen LogP contribution is -2.51. The van der Waals surface area contributed by atoms with Gasteiger partial charge in [0, 0.05) is 6.54 Å². The summed E-state index contributed by atoms with van der Waals surface area (Å²) in [6.07, 6.45) is -1.57. The van der Waals surface area contributed by atoms with E-state index in [4.69, 9.17) is 5.73 Å². The molecule has 1 aromatic heterocycles. The maximum absolute atomic E-state index is 12.3. The summed E-state index contributed by atoms with van der Waals surface area (Å²) in [5.74, 6) is 0.336. The molecule has 0 aliphatic heterocycles. The van der Waals surface area contributed by atoms with Crippen molar-refractivity contribution in [1.82, 2.24) is 10.2 Å². The van der Waals surface area contributed by atoms with Gasteiger partial charge in [0.25, 0.3) is 0 Å². The van der Waals surface area contributed by atoms with E-state index in [2.05, 4.69) is 15.5 Å². The zero-order valence-corrected chi connectivity index (χ0v) is 9.09. The van der Waals surface area contributed by atoms with Crippen LogP contribution in [0.4, 0.5) is 19.0 Å². The third-order valence-electron chi connectivity index (χ3n) is 3.05. The summed E-state index contributed by atoms with van der Waals surface area (Å²) < 4.78 is 36.8. The van der Waals surface area contributed by atoms with E-state index in [9.17, 15) is 13.2 Å². The van der Waals surface area contributed by atoms with Gasteiger partial charge in [-0.3, -0.25) is 0 Å². The molecule has 0 amide bonds. The Hall–Kier alpha value is -1.37. The molecule has 1 saturated carbocycles. The quantitative estimate of drug-likeness (QED) is 0.853. The molecule has 1 heterocycles. The third-order valence-corrected chi connectivity index (χ3v) is 3.05. The van der Waals surface area contributed by atoms with E-state index >= 15 is 0 Å². The molecule has 3 N–H and O–H groups in total. The zero-order chi connectivity index (χ0) is 12.5. The number of anilines is 1. The fraction of sp³-hybridized carbons (Fsp3) is 0.600. The van der Waals surface area contributed by atoms with Gasteiger partial charge in [0.1, 0.15) is 5.82 Å². The first-order valence-corrected chi connectivity index (χ1v) is 5.34. The Balaban J connectivity index is 2.08. The highest BCUT2D eigenvalue weighted by atomic mass is 19.4. The van der Waals surface area contributed by atoms with E-state index in [1.54, 1.807) is 0 Å². The number of alkyl halides is 3. The van der Waals surface area contributed by atoms with Crippen molar-refractivity contribution in [3.8, 4) is 0 Å². The van der Waals surface area contributed by atoms with Crippen molar-refractivity contribution in [1.29, 1.82) is 0 Å². The van der Waals surface area contributed by atoms with Gasteiger partial charge in [0.2, 0.25) is 0 Å². The molecule has 7 heteroatoms. The summed E-state index contributed by atoms with van der Waals surface area (Å²) in [5, 5.41) is 9.73. The minimum Gasteiger partial charge on any atom is -0.362 e. The molecule has 0 bridgehead atoms. The van der Waals surface area contributed by atoms with Crippen LogP contribution >= 0.6 is 0 Å². The highest BCUT2D eigenvalue weighted by molar-refractivity contribution is 5.38. The largest absolute Gasteiger partial charge is 0.435 e. The van der Waals surface area contributed by atoms with Crippen LogP contribution in [0.25, 0.3) is 0 Å². The van der Waals surface area contributed by atoms with Crippen molar-refractivity contribution in [2.75, 3.05) is 11.9 Å². The maximum atomic E-state index is 12.3. The smallest absolute Gasteiger partial charge is 0.362 e. The Morgan fingerprint density at radius 2 is 2.00 bits per heavy atom. The van der Waals surface area contributed by atoms with Crippen LogP contribution in [0.1, 0.15) is 25.0 Å². The molecule has 2 rings (SSSR count). The van der Waals surface area contributed by atoms with E-state index in [1.807, 2.05) is 0 Å². The number of nitrogens with two attached hydrogens (primary N) is 1. The van der Waals surface area contributed by atoms with Crippen molar-refractivity contribution in [2.24, 2.45) is 5.73 Å².